The van der Waals surface area contributed by atoms with Crippen LogP contribution in [-0.2, 0) is 0 Å². The Morgan fingerprint density at radius 2 is 2.24 bits per heavy atom. The first-order chi connectivity index (χ1) is 8.24. The SMILES string of the molecule is CC[C@H](C)c1cc(C=O)ccc1OCC1CC1. The first-order valence-corrected chi connectivity index (χ1v) is 6.46. The standard InChI is InChI=1S/C15H20O2/c1-3-11(2)14-8-13(9-16)6-7-15(14)17-10-12-4-5-12/h6-9,11-12H,3-5,10H2,1-2H3/t11-/m0/s1. The van der Waals surface area contributed by atoms with E-state index in [4.69, 9.17) is 4.74 Å². The van der Waals surface area contributed by atoms with Crippen molar-refractivity contribution in [1.29, 1.82) is 0 Å². The zero-order chi connectivity index (χ0) is 12.3. The molecule has 2 nitrogen and oxygen atoms in total. The van der Waals surface area contributed by atoms with Gasteiger partial charge in [0, 0.05) is 5.56 Å². The number of aldehydes is 1. The molecule has 1 atom stereocenters. The third kappa shape index (κ3) is 3.09. The largest absolute Gasteiger partial charge is 0.493 e. The minimum Gasteiger partial charge on any atom is -0.493 e. The van der Waals surface area contributed by atoms with Crippen LogP contribution in [-0.4, -0.2) is 12.9 Å². The molecule has 0 bridgehead atoms. The minimum absolute atomic E-state index is 0.434. The van der Waals surface area contributed by atoms with Gasteiger partial charge in [-0.2, -0.15) is 0 Å². The molecule has 1 aromatic rings. The summed E-state index contributed by atoms with van der Waals surface area (Å²) in [6.45, 7) is 5.15. The molecule has 1 aliphatic rings. The summed E-state index contributed by atoms with van der Waals surface area (Å²) >= 11 is 0. The van der Waals surface area contributed by atoms with Crippen molar-refractivity contribution in [2.45, 2.75) is 39.0 Å². The van der Waals surface area contributed by atoms with Crippen molar-refractivity contribution >= 4 is 6.29 Å². The molecule has 1 aliphatic carbocycles. The van der Waals surface area contributed by atoms with Gasteiger partial charge in [-0.05, 0) is 54.9 Å². The Hall–Kier alpha value is -1.31. The molecule has 0 N–H and O–H groups in total. The molecule has 1 fully saturated rings. The molecule has 0 aliphatic heterocycles. The Morgan fingerprint density at radius 3 is 2.82 bits per heavy atom. The Labute approximate surface area is 103 Å². The normalized spacial score (nSPS) is 16.6. The van der Waals surface area contributed by atoms with Gasteiger partial charge in [0.05, 0.1) is 6.61 Å². The summed E-state index contributed by atoms with van der Waals surface area (Å²) in [5.41, 5.74) is 1.90. The van der Waals surface area contributed by atoms with Crippen molar-refractivity contribution in [3.05, 3.63) is 29.3 Å². The average molecular weight is 232 g/mol. The predicted octanol–water partition coefficient (Wildman–Crippen LogP) is 3.80. The van der Waals surface area contributed by atoms with E-state index in [0.29, 0.717) is 5.92 Å². The molecule has 0 aromatic heterocycles. The number of rotatable bonds is 6. The number of benzene rings is 1. The second kappa shape index (κ2) is 5.35. The van der Waals surface area contributed by atoms with E-state index < -0.39 is 0 Å². The molecule has 17 heavy (non-hydrogen) atoms. The maximum Gasteiger partial charge on any atom is 0.150 e. The van der Waals surface area contributed by atoms with Crippen LogP contribution in [0, 0.1) is 5.92 Å². The topological polar surface area (TPSA) is 26.3 Å². The fourth-order valence-electron chi connectivity index (χ4n) is 1.87. The van der Waals surface area contributed by atoms with Gasteiger partial charge in [-0.3, -0.25) is 4.79 Å². The Morgan fingerprint density at radius 1 is 1.47 bits per heavy atom. The molecule has 2 rings (SSSR count). The van der Waals surface area contributed by atoms with Crippen LogP contribution >= 0.6 is 0 Å². The molecule has 1 aromatic carbocycles. The van der Waals surface area contributed by atoms with Crippen LogP contribution in [0.3, 0.4) is 0 Å². The number of carbonyl (C=O) groups is 1. The maximum absolute atomic E-state index is 10.8. The van der Waals surface area contributed by atoms with Crippen LogP contribution in [0.2, 0.25) is 0 Å². The van der Waals surface area contributed by atoms with E-state index in [0.717, 1.165) is 42.1 Å². The van der Waals surface area contributed by atoms with Crippen LogP contribution in [0.5, 0.6) is 5.75 Å². The Kier molecular flexibility index (Phi) is 3.82. The summed E-state index contributed by atoms with van der Waals surface area (Å²) in [6, 6.07) is 5.73. The van der Waals surface area contributed by atoms with Gasteiger partial charge in [-0.1, -0.05) is 13.8 Å². The van der Waals surface area contributed by atoms with Gasteiger partial charge in [-0.15, -0.1) is 0 Å². The first kappa shape index (κ1) is 12.2. The molecule has 0 saturated heterocycles. The molecule has 0 spiro atoms. The fraction of sp³-hybridized carbons (Fsp3) is 0.533. The van der Waals surface area contributed by atoms with Gasteiger partial charge in [0.15, 0.2) is 0 Å². The quantitative estimate of drug-likeness (QED) is 0.697. The molecule has 1 saturated carbocycles. The van der Waals surface area contributed by atoms with Crippen LogP contribution in [0.4, 0.5) is 0 Å². The number of ether oxygens (including phenoxy) is 1. The summed E-state index contributed by atoms with van der Waals surface area (Å²) in [4.78, 5) is 10.8. The highest BCUT2D eigenvalue weighted by Crippen LogP contribution is 2.33. The third-order valence-corrected chi connectivity index (χ3v) is 3.48. The lowest BCUT2D eigenvalue weighted by atomic mass is 9.96. The number of hydrogen-bond donors (Lipinski definition) is 0. The molecular weight excluding hydrogens is 212 g/mol. The summed E-state index contributed by atoms with van der Waals surface area (Å²) in [6.07, 6.45) is 4.55. The van der Waals surface area contributed by atoms with E-state index in [1.165, 1.54) is 12.8 Å². The van der Waals surface area contributed by atoms with Gasteiger partial charge >= 0.3 is 0 Å². The fourth-order valence-corrected chi connectivity index (χ4v) is 1.87. The summed E-state index contributed by atoms with van der Waals surface area (Å²) < 4.78 is 5.87. The van der Waals surface area contributed by atoms with Gasteiger partial charge in [0.2, 0.25) is 0 Å². The summed E-state index contributed by atoms with van der Waals surface area (Å²) in [7, 11) is 0. The molecule has 2 heteroatoms. The highest BCUT2D eigenvalue weighted by Gasteiger charge is 2.22. The molecule has 0 radical (unpaired) electrons. The summed E-state index contributed by atoms with van der Waals surface area (Å²) in [5, 5.41) is 0. The van der Waals surface area contributed by atoms with E-state index in [9.17, 15) is 4.79 Å². The molecule has 0 unspecified atom stereocenters. The van der Waals surface area contributed by atoms with Crippen LogP contribution < -0.4 is 4.74 Å². The van der Waals surface area contributed by atoms with E-state index in [1.54, 1.807) is 0 Å². The van der Waals surface area contributed by atoms with E-state index in [-0.39, 0.29) is 0 Å². The van der Waals surface area contributed by atoms with Crippen molar-refractivity contribution in [2.24, 2.45) is 5.92 Å². The van der Waals surface area contributed by atoms with E-state index in [1.807, 2.05) is 18.2 Å². The lowest BCUT2D eigenvalue weighted by molar-refractivity contribution is 0.112. The monoisotopic (exact) mass is 232 g/mol. The highest BCUT2D eigenvalue weighted by molar-refractivity contribution is 5.75. The van der Waals surface area contributed by atoms with Crippen molar-refractivity contribution in [3.63, 3.8) is 0 Å². The van der Waals surface area contributed by atoms with Crippen LogP contribution in [0.25, 0.3) is 0 Å². The summed E-state index contributed by atoms with van der Waals surface area (Å²) in [5.74, 6) is 2.14. The average Bonchev–Trinajstić information content (AvgIpc) is 3.19. The lowest BCUT2D eigenvalue weighted by Gasteiger charge is -2.16. The highest BCUT2D eigenvalue weighted by atomic mass is 16.5. The molecule has 92 valence electrons. The number of hydrogen-bond acceptors (Lipinski definition) is 2. The van der Waals surface area contributed by atoms with Crippen molar-refractivity contribution < 1.29 is 9.53 Å². The maximum atomic E-state index is 10.8. The second-order valence-corrected chi connectivity index (χ2v) is 4.98. The third-order valence-electron chi connectivity index (χ3n) is 3.48. The van der Waals surface area contributed by atoms with Gasteiger partial charge in [-0.25, -0.2) is 0 Å². The van der Waals surface area contributed by atoms with Crippen LogP contribution in [0.1, 0.15) is 54.9 Å². The Bertz CT molecular complexity index is 394. The van der Waals surface area contributed by atoms with E-state index in [2.05, 4.69) is 13.8 Å². The second-order valence-electron chi connectivity index (χ2n) is 4.98. The van der Waals surface area contributed by atoms with Gasteiger partial charge in [0.1, 0.15) is 12.0 Å². The lowest BCUT2D eigenvalue weighted by Crippen LogP contribution is -2.04. The predicted molar refractivity (Wildman–Crippen MR) is 68.8 cm³/mol. The molecule has 0 amide bonds. The first-order valence-electron chi connectivity index (χ1n) is 6.46. The smallest absolute Gasteiger partial charge is 0.150 e. The zero-order valence-corrected chi connectivity index (χ0v) is 10.6. The van der Waals surface area contributed by atoms with Gasteiger partial charge < -0.3 is 4.74 Å². The van der Waals surface area contributed by atoms with Crippen molar-refractivity contribution in [3.8, 4) is 5.75 Å². The van der Waals surface area contributed by atoms with Gasteiger partial charge in [0.25, 0.3) is 0 Å². The van der Waals surface area contributed by atoms with Crippen LogP contribution in [0.15, 0.2) is 18.2 Å². The minimum atomic E-state index is 0.434. The zero-order valence-electron chi connectivity index (χ0n) is 10.6. The van der Waals surface area contributed by atoms with Crippen molar-refractivity contribution in [1.82, 2.24) is 0 Å². The van der Waals surface area contributed by atoms with E-state index >= 15 is 0 Å². The number of carbonyl (C=O) groups excluding carboxylic acids is 1. The molecular formula is C15H20O2. The Balaban J connectivity index is 2.18. The molecule has 0 heterocycles. The van der Waals surface area contributed by atoms with Crippen molar-refractivity contribution in [2.75, 3.05) is 6.61 Å².